The Kier molecular flexibility index (Phi) is 4.25. The van der Waals surface area contributed by atoms with E-state index in [2.05, 4.69) is 15.9 Å². The number of carbonyl (C=O) groups excluding carboxylic acids is 2. The summed E-state index contributed by atoms with van der Waals surface area (Å²) in [5.74, 6) is -1.22. The number of benzene rings is 1. The Labute approximate surface area is 101 Å². The highest BCUT2D eigenvalue weighted by atomic mass is 79.9. The van der Waals surface area contributed by atoms with E-state index in [0.717, 1.165) is 0 Å². The van der Waals surface area contributed by atoms with Crippen molar-refractivity contribution in [3.63, 3.8) is 0 Å². The first-order valence-corrected chi connectivity index (χ1v) is 5.11. The Morgan fingerprint density at radius 1 is 1.31 bits per heavy atom. The number of hydrogen-bond donors (Lipinski definition) is 0. The molecule has 0 bridgehead atoms. The van der Waals surface area contributed by atoms with Crippen LogP contribution in [0.5, 0.6) is 5.75 Å². The average molecular weight is 284 g/mol. The zero-order valence-corrected chi connectivity index (χ0v) is 9.98. The van der Waals surface area contributed by atoms with Crippen molar-refractivity contribution in [2.75, 3.05) is 7.11 Å². The maximum Gasteiger partial charge on any atom is 0.200 e. The van der Waals surface area contributed by atoms with Crippen LogP contribution in [0.25, 0.3) is 0 Å². The van der Waals surface area contributed by atoms with Crippen LogP contribution in [0.4, 0.5) is 0 Å². The lowest BCUT2D eigenvalue weighted by Crippen LogP contribution is -2.20. The highest BCUT2D eigenvalue weighted by molar-refractivity contribution is 9.12. The number of ether oxygens (including phenoxy) is 1. The molecule has 0 atom stereocenters. The van der Waals surface area contributed by atoms with E-state index in [9.17, 15) is 14.7 Å². The van der Waals surface area contributed by atoms with Gasteiger partial charge in [0, 0.05) is 5.56 Å². The van der Waals surface area contributed by atoms with Crippen LogP contribution in [-0.4, -0.2) is 18.9 Å². The molecule has 0 N–H and O–H groups in total. The number of ketones is 1. The van der Waals surface area contributed by atoms with Crippen LogP contribution in [-0.2, 0) is 4.79 Å². The molecule has 0 fully saturated rings. The van der Waals surface area contributed by atoms with Gasteiger partial charge in [-0.15, -0.1) is 0 Å². The second-order valence-electron chi connectivity index (χ2n) is 2.87. The summed E-state index contributed by atoms with van der Waals surface area (Å²) < 4.78 is 4.87. The summed E-state index contributed by atoms with van der Waals surface area (Å²) in [5, 5.41) is 10.3. The molecular weight excluding hydrogens is 276 g/mol. The van der Waals surface area contributed by atoms with Crippen LogP contribution >= 0.6 is 15.9 Å². The highest BCUT2D eigenvalue weighted by Crippen LogP contribution is 2.17. The zero-order chi connectivity index (χ0) is 12.1. The SMILES string of the molecule is COc1ccc(C(=O)C(Br)=CC(=O)[O-])cc1. The maximum atomic E-state index is 11.6. The van der Waals surface area contributed by atoms with Crippen molar-refractivity contribution in [2.45, 2.75) is 0 Å². The van der Waals surface area contributed by atoms with Crippen LogP contribution in [0.15, 0.2) is 34.8 Å². The van der Waals surface area contributed by atoms with Crippen LogP contribution < -0.4 is 9.84 Å². The van der Waals surface area contributed by atoms with Gasteiger partial charge in [0.2, 0.25) is 0 Å². The molecule has 84 valence electrons. The molecule has 4 nitrogen and oxygen atoms in total. The second-order valence-corrected chi connectivity index (χ2v) is 3.72. The largest absolute Gasteiger partial charge is 0.545 e. The number of rotatable bonds is 4. The van der Waals surface area contributed by atoms with Crippen molar-refractivity contribution in [3.8, 4) is 5.75 Å². The lowest BCUT2D eigenvalue weighted by Gasteiger charge is -2.02. The van der Waals surface area contributed by atoms with E-state index in [1.165, 1.54) is 7.11 Å². The predicted octanol–water partition coefficient (Wildman–Crippen LogP) is 0.907. The van der Waals surface area contributed by atoms with Gasteiger partial charge >= 0.3 is 0 Å². The molecule has 1 rings (SSSR count). The minimum Gasteiger partial charge on any atom is -0.545 e. The third-order valence-corrected chi connectivity index (χ3v) is 2.40. The van der Waals surface area contributed by atoms with E-state index in [4.69, 9.17) is 4.74 Å². The number of carbonyl (C=O) groups is 2. The summed E-state index contributed by atoms with van der Waals surface area (Å²) in [6.45, 7) is 0. The monoisotopic (exact) mass is 283 g/mol. The summed E-state index contributed by atoms with van der Waals surface area (Å²) in [4.78, 5) is 21.9. The summed E-state index contributed by atoms with van der Waals surface area (Å²) in [6.07, 6.45) is 0.701. The smallest absolute Gasteiger partial charge is 0.200 e. The lowest BCUT2D eigenvalue weighted by molar-refractivity contribution is -0.297. The third-order valence-electron chi connectivity index (χ3n) is 1.81. The first-order chi connectivity index (χ1) is 7.54. The average Bonchev–Trinajstić information content (AvgIpc) is 2.27. The predicted molar refractivity (Wildman–Crippen MR) is 59.3 cm³/mol. The van der Waals surface area contributed by atoms with Gasteiger partial charge in [-0.2, -0.15) is 0 Å². The Bertz CT molecular complexity index is 434. The van der Waals surface area contributed by atoms with Crippen molar-refractivity contribution in [3.05, 3.63) is 40.4 Å². The highest BCUT2D eigenvalue weighted by Gasteiger charge is 2.09. The molecule has 5 heteroatoms. The third kappa shape index (κ3) is 3.20. The van der Waals surface area contributed by atoms with Crippen LogP contribution in [0, 0.1) is 0 Å². The number of halogens is 1. The van der Waals surface area contributed by atoms with Gasteiger partial charge in [0.15, 0.2) is 5.78 Å². The van der Waals surface area contributed by atoms with Crippen molar-refractivity contribution in [1.82, 2.24) is 0 Å². The molecule has 0 amide bonds. The van der Waals surface area contributed by atoms with Gasteiger partial charge in [-0.05, 0) is 46.3 Å². The molecule has 0 aliphatic heterocycles. The molecule has 0 aliphatic rings. The number of carboxylic acid groups (broad SMARTS) is 1. The topological polar surface area (TPSA) is 66.4 Å². The quantitative estimate of drug-likeness (QED) is 0.608. The second kappa shape index (κ2) is 5.46. The first kappa shape index (κ1) is 12.4. The Morgan fingerprint density at radius 3 is 2.31 bits per heavy atom. The molecule has 0 unspecified atom stereocenters. The molecule has 0 spiro atoms. The van der Waals surface area contributed by atoms with E-state index >= 15 is 0 Å². The van der Waals surface area contributed by atoms with Gasteiger partial charge in [-0.25, -0.2) is 0 Å². The zero-order valence-electron chi connectivity index (χ0n) is 8.40. The number of hydrogen-bond acceptors (Lipinski definition) is 4. The maximum absolute atomic E-state index is 11.6. The Hall–Kier alpha value is -1.62. The molecule has 1 aromatic carbocycles. The number of Topliss-reactive ketones (excluding diaryl/α,β-unsaturated/α-hetero) is 1. The fourth-order valence-electron chi connectivity index (χ4n) is 1.05. The van der Waals surface area contributed by atoms with Crippen molar-refractivity contribution in [2.24, 2.45) is 0 Å². The van der Waals surface area contributed by atoms with Gasteiger partial charge in [-0.1, -0.05) is 0 Å². The van der Waals surface area contributed by atoms with Crippen LogP contribution in [0.1, 0.15) is 10.4 Å². The molecule has 0 heterocycles. The van der Waals surface area contributed by atoms with Gasteiger partial charge in [0.25, 0.3) is 0 Å². The summed E-state index contributed by atoms with van der Waals surface area (Å²) in [7, 11) is 1.52. The molecule has 0 aromatic heterocycles. The number of aliphatic carboxylic acids is 1. The van der Waals surface area contributed by atoms with Crippen molar-refractivity contribution >= 4 is 27.7 Å². The summed E-state index contributed by atoms with van der Waals surface area (Å²) >= 11 is 2.88. The fraction of sp³-hybridized carbons (Fsp3) is 0.0909. The molecule has 0 radical (unpaired) electrons. The van der Waals surface area contributed by atoms with E-state index in [1.54, 1.807) is 24.3 Å². The van der Waals surface area contributed by atoms with E-state index in [1.807, 2.05) is 0 Å². The van der Waals surface area contributed by atoms with E-state index < -0.39 is 11.8 Å². The van der Waals surface area contributed by atoms with Gasteiger partial charge in [0.05, 0.1) is 17.6 Å². The van der Waals surface area contributed by atoms with Crippen LogP contribution in [0.2, 0.25) is 0 Å². The molecule has 0 saturated heterocycles. The van der Waals surface area contributed by atoms with Crippen molar-refractivity contribution < 1.29 is 19.4 Å². The molecule has 16 heavy (non-hydrogen) atoms. The molecule has 0 saturated carbocycles. The normalized spacial score (nSPS) is 11.0. The number of carboxylic acids is 1. The molecule has 1 aromatic rings. The van der Waals surface area contributed by atoms with Gasteiger partial charge in [0.1, 0.15) is 5.75 Å². The Morgan fingerprint density at radius 2 is 1.88 bits per heavy atom. The standard InChI is InChI=1S/C11H9BrO4/c1-16-8-4-2-7(3-5-8)11(15)9(12)6-10(13)14/h2-6H,1H3,(H,13,14)/p-1. The molecular formula is C11H8BrO4-. The van der Waals surface area contributed by atoms with Crippen molar-refractivity contribution in [1.29, 1.82) is 0 Å². The van der Waals surface area contributed by atoms with E-state index in [0.29, 0.717) is 17.4 Å². The number of methoxy groups -OCH3 is 1. The minimum atomic E-state index is -1.42. The summed E-state index contributed by atoms with van der Waals surface area (Å²) in [5.41, 5.74) is 0.366. The van der Waals surface area contributed by atoms with Crippen LogP contribution in [0.3, 0.4) is 0 Å². The summed E-state index contributed by atoms with van der Waals surface area (Å²) in [6, 6.07) is 6.33. The first-order valence-electron chi connectivity index (χ1n) is 4.31. The van der Waals surface area contributed by atoms with E-state index in [-0.39, 0.29) is 4.48 Å². The fourth-order valence-corrected chi connectivity index (χ4v) is 1.47. The Balaban J connectivity index is 2.92. The molecule has 0 aliphatic carbocycles. The number of allylic oxidation sites excluding steroid dienone is 1. The van der Waals surface area contributed by atoms with Gasteiger partial charge < -0.3 is 14.6 Å². The minimum absolute atomic E-state index is 0.0577. The lowest BCUT2D eigenvalue weighted by atomic mass is 10.1. The van der Waals surface area contributed by atoms with Gasteiger partial charge in [-0.3, -0.25) is 4.79 Å².